The van der Waals surface area contributed by atoms with Crippen molar-refractivity contribution in [1.29, 1.82) is 0 Å². The van der Waals surface area contributed by atoms with Crippen molar-refractivity contribution >= 4 is 22.3 Å². The molecular weight excluding hydrogens is 414 g/mol. The van der Waals surface area contributed by atoms with Crippen molar-refractivity contribution in [1.82, 2.24) is 0 Å². The van der Waals surface area contributed by atoms with Crippen LogP contribution in [0.3, 0.4) is 0 Å². The smallest absolute Gasteiger partial charge is 0.136 e. The molecular formula is C32H37NO. The maximum Gasteiger partial charge on any atom is 0.136 e. The quantitative estimate of drug-likeness (QED) is 0.335. The van der Waals surface area contributed by atoms with E-state index >= 15 is 0 Å². The minimum absolute atomic E-state index is 0.0852. The van der Waals surface area contributed by atoms with Crippen LogP contribution >= 0.6 is 0 Å². The first-order valence-corrected chi connectivity index (χ1v) is 12.5. The number of hydrogen-bond donors (Lipinski definition) is 1. The second kappa shape index (κ2) is 7.77. The summed E-state index contributed by atoms with van der Waals surface area (Å²) in [5.74, 6) is 0. The van der Waals surface area contributed by atoms with Crippen molar-refractivity contribution in [2.45, 2.75) is 77.6 Å². The van der Waals surface area contributed by atoms with Gasteiger partial charge in [0.15, 0.2) is 0 Å². The molecule has 0 saturated heterocycles. The lowest BCUT2D eigenvalue weighted by Gasteiger charge is -2.41. The molecule has 0 atom stereocenters. The molecule has 0 aliphatic heterocycles. The number of nitrogens with one attached hydrogen (secondary N) is 1. The Morgan fingerprint density at radius 3 is 2.06 bits per heavy atom. The highest BCUT2D eigenvalue weighted by atomic mass is 16.3. The zero-order valence-electron chi connectivity index (χ0n) is 21.7. The average Bonchev–Trinajstić information content (AvgIpc) is 3.18. The summed E-state index contributed by atoms with van der Waals surface area (Å²) in [5, 5.41) is 4.89. The van der Waals surface area contributed by atoms with Crippen LogP contribution in [0.4, 0.5) is 11.4 Å². The van der Waals surface area contributed by atoms with Crippen LogP contribution in [0.2, 0.25) is 0 Å². The van der Waals surface area contributed by atoms with E-state index in [4.69, 9.17) is 4.42 Å². The Hall–Kier alpha value is -3.00. The van der Waals surface area contributed by atoms with E-state index in [1.165, 1.54) is 40.7 Å². The van der Waals surface area contributed by atoms with Gasteiger partial charge < -0.3 is 9.73 Å². The lowest BCUT2D eigenvalue weighted by Crippen LogP contribution is -2.33. The molecule has 1 aliphatic rings. The van der Waals surface area contributed by atoms with Gasteiger partial charge in [0.1, 0.15) is 11.8 Å². The highest BCUT2D eigenvalue weighted by Gasteiger charge is 2.37. The number of benzene rings is 3. The summed E-state index contributed by atoms with van der Waals surface area (Å²) >= 11 is 0. The molecule has 1 N–H and O–H groups in total. The predicted molar refractivity (Wildman–Crippen MR) is 145 cm³/mol. The van der Waals surface area contributed by atoms with E-state index in [9.17, 15) is 0 Å². The monoisotopic (exact) mass is 451 g/mol. The first-order chi connectivity index (χ1) is 16.0. The van der Waals surface area contributed by atoms with E-state index < -0.39 is 0 Å². The summed E-state index contributed by atoms with van der Waals surface area (Å²) in [6.07, 6.45) is 4.28. The molecule has 176 valence electrons. The number of fused-ring (bicyclic) bond motifs is 2. The van der Waals surface area contributed by atoms with E-state index in [1.807, 2.05) is 6.26 Å². The van der Waals surface area contributed by atoms with Crippen molar-refractivity contribution in [3.63, 3.8) is 0 Å². The zero-order chi connectivity index (χ0) is 24.3. The predicted octanol–water partition coefficient (Wildman–Crippen LogP) is 9.49. The number of furan rings is 1. The molecule has 0 saturated carbocycles. The van der Waals surface area contributed by atoms with Crippen molar-refractivity contribution in [2.24, 2.45) is 0 Å². The zero-order valence-corrected chi connectivity index (χ0v) is 21.7. The van der Waals surface area contributed by atoms with Gasteiger partial charge >= 0.3 is 0 Å². The lowest BCUT2D eigenvalue weighted by molar-refractivity contribution is 0.332. The topological polar surface area (TPSA) is 25.2 Å². The third-order valence-electron chi connectivity index (χ3n) is 7.79. The SMILES string of the molecule is CC(C)(C)c1ccc(Nc2coc3cc4c(cc23)C(C)(C)CCC4(C)C)c(-c2ccccc2)c1. The van der Waals surface area contributed by atoms with Gasteiger partial charge in [0.05, 0.1) is 5.69 Å². The van der Waals surface area contributed by atoms with Crippen LogP contribution in [-0.2, 0) is 16.2 Å². The Bertz CT molecular complexity index is 1350. The maximum absolute atomic E-state index is 6.11. The minimum atomic E-state index is 0.0852. The fraction of sp³-hybridized carbons (Fsp3) is 0.375. The maximum atomic E-state index is 6.11. The molecule has 4 aromatic rings. The fourth-order valence-corrected chi connectivity index (χ4v) is 5.31. The van der Waals surface area contributed by atoms with Crippen molar-refractivity contribution in [2.75, 3.05) is 5.32 Å². The van der Waals surface area contributed by atoms with E-state index in [0.717, 1.165) is 22.3 Å². The Morgan fingerprint density at radius 2 is 1.41 bits per heavy atom. The lowest BCUT2D eigenvalue weighted by atomic mass is 9.63. The molecule has 0 bridgehead atoms. The largest absolute Gasteiger partial charge is 0.462 e. The molecule has 1 aromatic heterocycles. The van der Waals surface area contributed by atoms with Gasteiger partial charge in [-0.05, 0) is 75.6 Å². The van der Waals surface area contributed by atoms with Crippen LogP contribution in [-0.4, -0.2) is 0 Å². The Labute approximate surface area is 204 Å². The van der Waals surface area contributed by atoms with Gasteiger partial charge in [0, 0.05) is 16.6 Å². The highest BCUT2D eigenvalue weighted by molar-refractivity contribution is 5.95. The van der Waals surface area contributed by atoms with Gasteiger partial charge in [-0.1, -0.05) is 84.9 Å². The molecule has 0 amide bonds. The third kappa shape index (κ3) is 3.94. The fourth-order valence-electron chi connectivity index (χ4n) is 5.31. The summed E-state index contributed by atoms with van der Waals surface area (Å²) in [6, 6.07) is 22.1. The van der Waals surface area contributed by atoms with Crippen LogP contribution in [0.15, 0.2) is 71.3 Å². The normalized spacial score (nSPS) is 16.9. The number of rotatable bonds is 3. The van der Waals surface area contributed by atoms with Crippen LogP contribution in [0.1, 0.15) is 78.0 Å². The van der Waals surface area contributed by atoms with Crippen molar-refractivity contribution in [3.8, 4) is 11.1 Å². The van der Waals surface area contributed by atoms with Crippen molar-refractivity contribution < 1.29 is 4.42 Å². The van der Waals surface area contributed by atoms with E-state index in [1.54, 1.807) is 0 Å². The highest BCUT2D eigenvalue weighted by Crippen LogP contribution is 2.48. The minimum Gasteiger partial charge on any atom is -0.462 e. The standard InChI is InChI=1S/C32H37NO/c1-30(2,3)22-13-14-27(23(17-22)21-11-9-8-10-12-21)33-28-20-34-29-19-26-25(18-24(28)29)31(4,5)15-16-32(26,6)7/h8-14,17-20,33H,15-16H2,1-7H3. The molecule has 0 unspecified atom stereocenters. The van der Waals surface area contributed by atoms with E-state index in [2.05, 4.69) is 114 Å². The van der Waals surface area contributed by atoms with Gasteiger partial charge in [-0.2, -0.15) is 0 Å². The first kappa shape index (κ1) is 22.8. The molecule has 0 fully saturated rings. The molecule has 5 rings (SSSR count). The Kier molecular flexibility index (Phi) is 5.20. The number of anilines is 2. The summed E-state index contributed by atoms with van der Waals surface area (Å²) in [7, 11) is 0. The summed E-state index contributed by atoms with van der Waals surface area (Å²) in [5.41, 5.74) is 10.1. The average molecular weight is 452 g/mol. The summed E-state index contributed by atoms with van der Waals surface area (Å²) in [6.45, 7) is 16.3. The second-order valence-electron chi connectivity index (χ2n) is 12.3. The molecule has 2 nitrogen and oxygen atoms in total. The molecule has 3 aromatic carbocycles. The second-order valence-corrected chi connectivity index (χ2v) is 12.3. The molecule has 34 heavy (non-hydrogen) atoms. The van der Waals surface area contributed by atoms with Gasteiger partial charge in [-0.3, -0.25) is 0 Å². The summed E-state index contributed by atoms with van der Waals surface area (Å²) < 4.78 is 6.11. The Morgan fingerprint density at radius 1 is 0.765 bits per heavy atom. The van der Waals surface area contributed by atoms with Crippen LogP contribution in [0.25, 0.3) is 22.1 Å². The molecule has 1 heterocycles. The van der Waals surface area contributed by atoms with Crippen LogP contribution < -0.4 is 5.32 Å². The van der Waals surface area contributed by atoms with Gasteiger partial charge in [0.2, 0.25) is 0 Å². The van der Waals surface area contributed by atoms with Gasteiger partial charge in [-0.15, -0.1) is 0 Å². The van der Waals surface area contributed by atoms with Gasteiger partial charge in [0.25, 0.3) is 0 Å². The van der Waals surface area contributed by atoms with Crippen LogP contribution in [0.5, 0.6) is 0 Å². The third-order valence-corrected chi connectivity index (χ3v) is 7.79. The first-order valence-electron chi connectivity index (χ1n) is 12.5. The Balaban J connectivity index is 1.63. The molecule has 0 spiro atoms. The molecule has 1 aliphatic carbocycles. The number of hydrogen-bond acceptors (Lipinski definition) is 2. The molecule has 2 heteroatoms. The van der Waals surface area contributed by atoms with Crippen LogP contribution in [0, 0.1) is 0 Å². The summed E-state index contributed by atoms with van der Waals surface area (Å²) in [4.78, 5) is 0. The van der Waals surface area contributed by atoms with E-state index in [-0.39, 0.29) is 16.2 Å². The van der Waals surface area contributed by atoms with Crippen molar-refractivity contribution in [3.05, 3.63) is 83.6 Å². The van der Waals surface area contributed by atoms with Gasteiger partial charge in [-0.25, -0.2) is 0 Å². The molecule has 0 radical (unpaired) electrons. The van der Waals surface area contributed by atoms with E-state index in [0.29, 0.717) is 0 Å².